The molecule has 0 heterocycles. The molecule has 0 fully saturated rings. The van der Waals surface area contributed by atoms with Crippen LogP contribution in [0.5, 0.6) is 0 Å². The average Bonchev–Trinajstić information content (AvgIpc) is 2.15. The van der Waals surface area contributed by atoms with E-state index in [2.05, 4.69) is 15.9 Å². The number of nitrogens with two attached hydrogens (primary N) is 1. The van der Waals surface area contributed by atoms with Gasteiger partial charge >= 0.3 is 0 Å². The molecule has 0 saturated heterocycles. The van der Waals surface area contributed by atoms with Gasteiger partial charge in [-0.15, -0.1) is 0 Å². The van der Waals surface area contributed by atoms with Crippen LogP contribution in [0.1, 0.15) is 18.9 Å². The minimum atomic E-state index is -0.389. The second kappa shape index (κ2) is 5.23. The molecule has 0 aliphatic heterocycles. The molecular formula is C10H13BrN2O2. The van der Waals surface area contributed by atoms with Gasteiger partial charge in [-0.25, -0.2) is 0 Å². The highest BCUT2D eigenvalue weighted by Crippen LogP contribution is 2.29. The Bertz CT molecular complexity index is 366. The number of nitrogens with zero attached hydrogens (tertiary/aromatic N) is 1. The molecule has 15 heavy (non-hydrogen) atoms. The highest BCUT2D eigenvalue weighted by molar-refractivity contribution is 9.10. The van der Waals surface area contributed by atoms with Crippen LogP contribution in [0.4, 0.5) is 5.69 Å². The van der Waals surface area contributed by atoms with Gasteiger partial charge in [0.05, 0.1) is 9.40 Å². The Morgan fingerprint density at radius 2 is 2.27 bits per heavy atom. The first kappa shape index (κ1) is 12.1. The van der Waals surface area contributed by atoms with Gasteiger partial charge in [0.15, 0.2) is 0 Å². The molecule has 0 bridgehead atoms. The summed E-state index contributed by atoms with van der Waals surface area (Å²) >= 11 is 3.25. The molecule has 1 aromatic rings. The Labute approximate surface area is 96.8 Å². The van der Waals surface area contributed by atoms with Crippen molar-refractivity contribution in [3.05, 3.63) is 38.3 Å². The molecule has 2 N–H and O–H groups in total. The Hall–Kier alpha value is -0.940. The number of hydrogen-bond acceptors (Lipinski definition) is 3. The number of halogens is 1. The van der Waals surface area contributed by atoms with E-state index in [-0.39, 0.29) is 16.7 Å². The fourth-order valence-electron chi connectivity index (χ4n) is 1.28. The first-order chi connectivity index (χ1) is 7.02. The quantitative estimate of drug-likeness (QED) is 0.677. The van der Waals surface area contributed by atoms with Crippen molar-refractivity contribution in [1.29, 1.82) is 0 Å². The van der Waals surface area contributed by atoms with E-state index >= 15 is 0 Å². The predicted octanol–water partition coefficient (Wildman–Crippen LogP) is 2.64. The van der Waals surface area contributed by atoms with Crippen LogP contribution in [-0.4, -0.2) is 11.0 Å². The van der Waals surface area contributed by atoms with Gasteiger partial charge in [0.2, 0.25) is 0 Å². The summed E-state index contributed by atoms with van der Waals surface area (Å²) in [6, 6.07) is 5.16. The van der Waals surface area contributed by atoms with E-state index in [4.69, 9.17) is 5.73 Å². The molecule has 0 aromatic heterocycles. The molecule has 1 unspecified atom stereocenters. The van der Waals surface area contributed by atoms with Gasteiger partial charge in [-0.2, -0.15) is 0 Å². The van der Waals surface area contributed by atoms with E-state index in [0.29, 0.717) is 4.47 Å². The smallest absolute Gasteiger partial charge is 0.283 e. The number of rotatable bonds is 4. The molecule has 1 rings (SSSR count). The van der Waals surface area contributed by atoms with Crippen molar-refractivity contribution in [3.8, 4) is 0 Å². The van der Waals surface area contributed by atoms with Gasteiger partial charge in [-0.05, 0) is 41.3 Å². The third kappa shape index (κ3) is 3.28. The van der Waals surface area contributed by atoms with Crippen LogP contribution in [0.15, 0.2) is 22.7 Å². The Balaban J connectivity index is 2.89. The van der Waals surface area contributed by atoms with E-state index in [1.807, 2.05) is 13.0 Å². The number of hydrogen-bond donors (Lipinski definition) is 1. The lowest BCUT2D eigenvalue weighted by Crippen LogP contribution is -2.15. The molecular weight excluding hydrogens is 260 g/mol. The summed E-state index contributed by atoms with van der Waals surface area (Å²) in [5.41, 5.74) is 6.68. The van der Waals surface area contributed by atoms with Gasteiger partial charge in [0.25, 0.3) is 5.69 Å². The van der Waals surface area contributed by atoms with Crippen molar-refractivity contribution in [2.24, 2.45) is 5.73 Å². The van der Waals surface area contributed by atoms with Crippen LogP contribution < -0.4 is 5.73 Å². The van der Waals surface area contributed by atoms with Crippen molar-refractivity contribution in [3.63, 3.8) is 0 Å². The maximum atomic E-state index is 10.7. The molecule has 0 amide bonds. The maximum absolute atomic E-state index is 10.7. The van der Waals surface area contributed by atoms with Crippen molar-refractivity contribution in [2.75, 3.05) is 0 Å². The number of nitro groups is 1. The van der Waals surface area contributed by atoms with Crippen molar-refractivity contribution in [2.45, 2.75) is 25.8 Å². The number of aryl methyl sites for hydroxylation is 1. The molecule has 0 aliphatic carbocycles. The standard InChI is InChI=1S/C10H13BrN2O2/c1-7(12)5-6-8-3-2-4-9(10(8)11)13(14)15/h2-4,7H,5-6,12H2,1H3. The van der Waals surface area contributed by atoms with Gasteiger partial charge < -0.3 is 5.73 Å². The molecule has 1 aromatic carbocycles. The lowest BCUT2D eigenvalue weighted by molar-refractivity contribution is -0.385. The molecule has 1 atom stereocenters. The van der Waals surface area contributed by atoms with Crippen LogP contribution in [0.2, 0.25) is 0 Å². The largest absolute Gasteiger partial charge is 0.328 e. The minimum Gasteiger partial charge on any atom is -0.328 e. The van der Waals surface area contributed by atoms with Crippen LogP contribution in [-0.2, 0) is 6.42 Å². The predicted molar refractivity (Wildman–Crippen MR) is 62.8 cm³/mol. The molecule has 82 valence electrons. The minimum absolute atomic E-state index is 0.108. The summed E-state index contributed by atoms with van der Waals surface area (Å²) in [5, 5.41) is 10.7. The van der Waals surface area contributed by atoms with Gasteiger partial charge in [-0.3, -0.25) is 10.1 Å². The lowest BCUT2D eigenvalue weighted by atomic mass is 10.1. The van der Waals surface area contributed by atoms with Crippen molar-refractivity contribution >= 4 is 21.6 Å². The van der Waals surface area contributed by atoms with Gasteiger partial charge in [0.1, 0.15) is 0 Å². The monoisotopic (exact) mass is 272 g/mol. The number of nitro benzene ring substituents is 1. The molecule has 0 radical (unpaired) electrons. The zero-order valence-electron chi connectivity index (χ0n) is 8.44. The van der Waals surface area contributed by atoms with Crippen molar-refractivity contribution in [1.82, 2.24) is 0 Å². The Morgan fingerprint density at radius 1 is 1.60 bits per heavy atom. The summed E-state index contributed by atoms with van der Waals surface area (Å²) < 4.78 is 0.565. The van der Waals surface area contributed by atoms with Crippen molar-refractivity contribution < 1.29 is 4.92 Å². The summed E-state index contributed by atoms with van der Waals surface area (Å²) in [4.78, 5) is 10.3. The topological polar surface area (TPSA) is 69.2 Å². The summed E-state index contributed by atoms with van der Waals surface area (Å²) in [5.74, 6) is 0. The van der Waals surface area contributed by atoms with Crippen LogP contribution in [0.3, 0.4) is 0 Å². The lowest BCUT2D eigenvalue weighted by Gasteiger charge is -2.06. The fourth-order valence-corrected chi connectivity index (χ4v) is 1.89. The zero-order chi connectivity index (χ0) is 11.4. The van der Waals surface area contributed by atoms with Crippen LogP contribution in [0.25, 0.3) is 0 Å². The first-order valence-corrected chi connectivity index (χ1v) is 5.49. The van der Waals surface area contributed by atoms with Gasteiger partial charge in [-0.1, -0.05) is 12.1 Å². The Kier molecular flexibility index (Phi) is 4.23. The second-order valence-electron chi connectivity index (χ2n) is 3.52. The molecule has 0 saturated carbocycles. The van der Waals surface area contributed by atoms with E-state index in [1.165, 1.54) is 6.07 Å². The summed E-state index contributed by atoms with van der Waals surface area (Å²) in [6.45, 7) is 1.92. The third-order valence-corrected chi connectivity index (χ3v) is 3.04. The van der Waals surface area contributed by atoms with E-state index in [9.17, 15) is 10.1 Å². The molecule has 0 aliphatic rings. The van der Waals surface area contributed by atoms with E-state index < -0.39 is 0 Å². The second-order valence-corrected chi connectivity index (χ2v) is 4.32. The van der Waals surface area contributed by atoms with Gasteiger partial charge in [0, 0.05) is 12.1 Å². The highest BCUT2D eigenvalue weighted by Gasteiger charge is 2.14. The number of benzene rings is 1. The highest BCUT2D eigenvalue weighted by atomic mass is 79.9. The third-order valence-electron chi connectivity index (χ3n) is 2.12. The summed E-state index contributed by atoms with van der Waals surface area (Å²) in [7, 11) is 0. The first-order valence-electron chi connectivity index (χ1n) is 4.69. The molecule has 0 spiro atoms. The Morgan fingerprint density at radius 3 is 2.80 bits per heavy atom. The maximum Gasteiger partial charge on any atom is 0.283 e. The SMILES string of the molecule is CC(N)CCc1cccc([N+](=O)[O-])c1Br. The average molecular weight is 273 g/mol. The molecule has 5 heteroatoms. The zero-order valence-corrected chi connectivity index (χ0v) is 10.0. The van der Waals surface area contributed by atoms with E-state index in [1.54, 1.807) is 6.07 Å². The fraction of sp³-hybridized carbons (Fsp3) is 0.400. The van der Waals surface area contributed by atoms with Crippen LogP contribution in [0, 0.1) is 10.1 Å². The van der Waals surface area contributed by atoms with E-state index in [0.717, 1.165) is 18.4 Å². The van der Waals surface area contributed by atoms with Crippen LogP contribution >= 0.6 is 15.9 Å². The normalized spacial score (nSPS) is 12.5. The molecule has 4 nitrogen and oxygen atoms in total. The summed E-state index contributed by atoms with van der Waals surface area (Å²) in [6.07, 6.45) is 1.57.